The van der Waals surface area contributed by atoms with E-state index in [0.717, 1.165) is 31.7 Å². The van der Waals surface area contributed by atoms with Crippen LogP contribution in [0.15, 0.2) is 24.3 Å². The Morgan fingerprint density at radius 1 is 0.857 bits per heavy atom. The van der Waals surface area contributed by atoms with Gasteiger partial charge in [0.05, 0.1) is 6.10 Å². The molecule has 2 rings (SSSR count). The number of hydrogen-bond acceptors (Lipinski definition) is 2. The van der Waals surface area contributed by atoms with Crippen molar-refractivity contribution in [3.05, 3.63) is 24.3 Å². The quantitative estimate of drug-likeness (QED) is 0.403. The first kappa shape index (κ1) is 30.6. The molecule has 1 heterocycles. The van der Waals surface area contributed by atoms with Crippen LogP contribution in [0.5, 0.6) is 0 Å². The molecule has 2 nitrogen and oxygen atoms in total. The summed E-state index contributed by atoms with van der Waals surface area (Å²) in [5, 5.41) is 10.9. The van der Waals surface area contributed by atoms with Gasteiger partial charge >= 0.3 is 0 Å². The van der Waals surface area contributed by atoms with Crippen LogP contribution in [-0.4, -0.2) is 35.7 Å². The fraction of sp³-hybridized carbons (Fsp3) is 0.879. The number of aliphatic hydroxyl groups is 1. The van der Waals surface area contributed by atoms with Crippen LogP contribution in [0.3, 0.4) is 0 Å². The van der Waals surface area contributed by atoms with Crippen LogP contribution in [-0.2, 0) is 0 Å². The van der Waals surface area contributed by atoms with E-state index in [4.69, 9.17) is 0 Å². The van der Waals surface area contributed by atoms with E-state index in [1.165, 1.54) is 43.3 Å². The van der Waals surface area contributed by atoms with E-state index in [1.54, 1.807) is 0 Å². The summed E-state index contributed by atoms with van der Waals surface area (Å²) in [5.74, 6) is 5.59. The van der Waals surface area contributed by atoms with Crippen LogP contribution in [0.25, 0.3) is 0 Å². The van der Waals surface area contributed by atoms with Gasteiger partial charge in [0.15, 0.2) is 0 Å². The van der Waals surface area contributed by atoms with Gasteiger partial charge in [0.1, 0.15) is 0 Å². The molecule has 204 valence electrons. The van der Waals surface area contributed by atoms with Gasteiger partial charge in [-0.1, -0.05) is 79.2 Å². The fourth-order valence-corrected chi connectivity index (χ4v) is 7.57. The SMILES string of the molecule is C=C1C[C@@H](CC)CC(=C)[C@H](C)[C@@H](C)C(C)[C@@H](C[C@@H]2C[C@H](C)CC[C@H]2O)[C@@H](C)C[C@@H](C)CN(C)[C@@H]1C. The van der Waals surface area contributed by atoms with Crippen LogP contribution < -0.4 is 0 Å². The average Bonchev–Trinajstić information content (AvgIpc) is 2.81. The van der Waals surface area contributed by atoms with E-state index < -0.39 is 0 Å². The molecule has 0 amide bonds. The van der Waals surface area contributed by atoms with Crippen LogP contribution in [0.4, 0.5) is 0 Å². The Balaban J connectivity index is 2.34. The molecule has 0 aromatic carbocycles. The summed E-state index contributed by atoms with van der Waals surface area (Å²) >= 11 is 0. The minimum atomic E-state index is -0.106. The molecule has 0 spiro atoms. The lowest BCUT2D eigenvalue weighted by atomic mass is 9.65. The van der Waals surface area contributed by atoms with Crippen molar-refractivity contribution in [1.82, 2.24) is 4.90 Å². The highest BCUT2D eigenvalue weighted by molar-refractivity contribution is 5.09. The number of aliphatic hydroxyl groups excluding tert-OH is 1. The normalized spacial score (nSPS) is 44.0. The zero-order valence-corrected chi connectivity index (χ0v) is 25.0. The lowest BCUT2D eigenvalue weighted by Gasteiger charge is -2.42. The molecule has 0 aromatic heterocycles. The van der Waals surface area contributed by atoms with Gasteiger partial charge in [-0.15, -0.1) is 0 Å². The van der Waals surface area contributed by atoms with E-state index in [2.05, 4.69) is 80.5 Å². The van der Waals surface area contributed by atoms with Gasteiger partial charge in [-0.05, 0) is 112 Å². The molecule has 35 heavy (non-hydrogen) atoms. The van der Waals surface area contributed by atoms with Gasteiger partial charge in [0.25, 0.3) is 0 Å². The summed E-state index contributed by atoms with van der Waals surface area (Å²) in [6, 6.07) is 0.421. The first-order valence-corrected chi connectivity index (χ1v) is 15.1. The Morgan fingerprint density at radius 2 is 1.49 bits per heavy atom. The Kier molecular flexibility index (Phi) is 12.1. The topological polar surface area (TPSA) is 23.5 Å². The van der Waals surface area contributed by atoms with Gasteiger partial charge < -0.3 is 5.11 Å². The zero-order valence-electron chi connectivity index (χ0n) is 25.0. The van der Waals surface area contributed by atoms with Crippen molar-refractivity contribution in [3.63, 3.8) is 0 Å². The van der Waals surface area contributed by atoms with Gasteiger partial charge in [-0.25, -0.2) is 0 Å². The van der Waals surface area contributed by atoms with Crippen molar-refractivity contribution >= 4 is 0 Å². The molecular weight excluding hydrogens is 426 g/mol. The Hall–Kier alpha value is -0.600. The highest BCUT2D eigenvalue weighted by Crippen LogP contribution is 2.44. The number of likely N-dealkylation sites (N-methyl/N-ethyl adjacent to an activating group) is 1. The van der Waals surface area contributed by atoms with Crippen molar-refractivity contribution in [2.75, 3.05) is 13.6 Å². The molecule has 2 fully saturated rings. The molecule has 2 aliphatic rings. The lowest BCUT2D eigenvalue weighted by molar-refractivity contribution is 0.0171. The van der Waals surface area contributed by atoms with E-state index in [9.17, 15) is 5.11 Å². The van der Waals surface area contributed by atoms with Crippen LogP contribution in [0.2, 0.25) is 0 Å². The number of rotatable bonds is 3. The van der Waals surface area contributed by atoms with Gasteiger partial charge in [0, 0.05) is 12.6 Å². The maximum atomic E-state index is 10.9. The van der Waals surface area contributed by atoms with Crippen molar-refractivity contribution in [2.45, 2.75) is 119 Å². The second kappa shape index (κ2) is 13.8. The number of nitrogens with zero attached hydrogens (tertiary/aromatic N) is 1. The summed E-state index contributed by atoms with van der Waals surface area (Å²) in [6.07, 6.45) is 9.15. The van der Waals surface area contributed by atoms with Crippen molar-refractivity contribution in [3.8, 4) is 0 Å². The molecule has 1 aliphatic carbocycles. The predicted molar refractivity (Wildman–Crippen MR) is 154 cm³/mol. The minimum absolute atomic E-state index is 0.106. The molecule has 2 heteroatoms. The molecule has 1 saturated carbocycles. The molecule has 0 aromatic rings. The van der Waals surface area contributed by atoms with E-state index >= 15 is 0 Å². The molecule has 1 N–H and O–H groups in total. The number of hydrogen-bond donors (Lipinski definition) is 1. The van der Waals surface area contributed by atoms with Crippen molar-refractivity contribution < 1.29 is 5.11 Å². The van der Waals surface area contributed by atoms with Gasteiger partial charge in [-0.2, -0.15) is 0 Å². The molecule has 1 saturated heterocycles. The zero-order chi connectivity index (χ0) is 26.4. The third-order valence-electron chi connectivity index (χ3n) is 10.8. The third-order valence-corrected chi connectivity index (χ3v) is 10.8. The molecule has 1 unspecified atom stereocenters. The first-order valence-electron chi connectivity index (χ1n) is 15.1. The second-order valence-corrected chi connectivity index (χ2v) is 13.6. The first-order chi connectivity index (χ1) is 16.3. The maximum absolute atomic E-state index is 10.9. The predicted octanol–water partition coefficient (Wildman–Crippen LogP) is 8.61. The molecule has 0 bridgehead atoms. The second-order valence-electron chi connectivity index (χ2n) is 13.6. The van der Waals surface area contributed by atoms with Crippen LogP contribution >= 0.6 is 0 Å². The van der Waals surface area contributed by atoms with Gasteiger partial charge in [0.2, 0.25) is 0 Å². The molecule has 11 atom stereocenters. The highest BCUT2D eigenvalue weighted by Gasteiger charge is 2.37. The van der Waals surface area contributed by atoms with Gasteiger partial charge in [-0.3, -0.25) is 4.90 Å². The smallest absolute Gasteiger partial charge is 0.0568 e. The van der Waals surface area contributed by atoms with Crippen molar-refractivity contribution in [2.24, 2.45) is 53.3 Å². The average molecular weight is 488 g/mol. The van der Waals surface area contributed by atoms with Crippen LogP contribution in [0.1, 0.15) is 107 Å². The van der Waals surface area contributed by atoms with E-state index in [-0.39, 0.29) is 6.10 Å². The third kappa shape index (κ3) is 8.46. The monoisotopic (exact) mass is 487 g/mol. The summed E-state index contributed by atoms with van der Waals surface area (Å²) in [4.78, 5) is 2.54. The fourth-order valence-electron chi connectivity index (χ4n) is 7.57. The molecule has 0 radical (unpaired) electrons. The summed E-state index contributed by atoms with van der Waals surface area (Å²) < 4.78 is 0. The summed E-state index contributed by atoms with van der Waals surface area (Å²) in [6.45, 7) is 29.8. The van der Waals surface area contributed by atoms with E-state index in [0.29, 0.717) is 53.4 Å². The number of allylic oxidation sites excluding steroid dienone is 1. The van der Waals surface area contributed by atoms with E-state index in [1.807, 2.05) is 0 Å². The molecule has 1 aliphatic heterocycles. The maximum Gasteiger partial charge on any atom is 0.0568 e. The Bertz CT molecular complexity index is 670. The summed E-state index contributed by atoms with van der Waals surface area (Å²) in [7, 11) is 2.29. The van der Waals surface area contributed by atoms with Crippen molar-refractivity contribution in [1.29, 1.82) is 0 Å². The largest absolute Gasteiger partial charge is 0.393 e. The Labute approximate surface area is 220 Å². The minimum Gasteiger partial charge on any atom is -0.393 e. The highest BCUT2D eigenvalue weighted by atomic mass is 16.3. The summed E-state index contributed by atoms with van der Waals surface area (Å²) in [5.41, 5.74) is 2.82. The Morgan fingerprint density at radius 3 is 2.11 bits per heavy atom. The lowest BCUT2D eigenvalue weighted by Crippen LogP contribution is -2.37. The van der Waals surface area contributed by atoms with Crippen LogP contribution in [0, 0.1) is 53.3 Å². The molecular formula is C33H61NO. The standard InChI is InChI=1S/C33H61NO/c1-12-30-17-23(4)26(7)27(8)28(9)32(19-31-16-21(2)13-14-33(31)35)25(6)15-22(3)20-34(11)29(10)24(5)18-30/h21-22,25-33,35H,4-5,12-20H2,1-3,6-11H3/t21-,22-,25+,26+,27-,28?,29-,30+,31+,32+,33-/m1/s1.